The second-order valence-corrected chi connectivity index (χ2v) is 10.6. The topological polar surface area (TPSA) is 145 Å². The number of ketones is 1. The summed E-state index contributed by atoms with van der Waals surface area (Å²) in [5.74, 6) is 1.02. The molecular formula is C24H32BIN4O6. The fourth-order valence-corrected chi connectivity index (χ4v) is 5.32. The average molecular weight is 610 g/mol. The minimum atomic E-state index is -1.93. The summed E-state index contributed by atoms with van der Waals surface area (Å²) in [5.41, 5.74) is 0.848. The largest absolute Gasteiger partial charge is 0.497 e. The predicted molar refractivity (Wildman–Crippen MR) is 148 cm³/mol. The first-order valence-electron chi connectivity index (χ1n) is 11.6. The molecule has 0 bridgehead atoms. The molecule has 10 nitrogen and oxygen atoms in total. The second-order valence-electron chi connectivity index (χ2n) is 8.94. The molecule has 0 saturated carbocycles. The number of hydrogen-bond acceptors (Lipinski definition) is 8. The van der Waals surface area contributed by atoms with E-state index >= 15 is 0 Å². The number of rotatable bonds is 11. The molecule has 0 spiro atoms. The molecule has 1 aliphatic carbocycles. The van der Waals surface area contributed by atoms with Crippen LogP contribution in [0.15, 0.2) is 51.4 Å². The molecular weight excluding hydrogens is 578 g/mol. The number of nitrogens with one attached hydrogen (secondary N) is 2. The Balaban J connectivity index is 2.02. The van der Waals surface area contributed by atoms with Crippen molar-refractivity contribution in [1.29, 1.82) is 0 Å². The molecule has 1 unspecified atom stereocenters. The van der Waals surface area contributed by atoms with E-state index in [4.69, 9.17) is 9.47 Å². The van der Waals surface area contributed by atoms with E-state index in [0.29, 0.717) is 29.2 Å². The summed E-state index contributed by atoms with van der Waals surface area (Å²) in [6.45, 7) is 4.11. The van der Waals surface area contributed by atoms with E-state index in [-0.39, 0.29) is 24.6 Å². The van der Waals surface area contributed by atoms with Gasteiger partial charge in [-0.05, 0) is 60.2 Å². The molecule has 2 aliphatic rings. The lowest BCUT2D eigenvalue weighted by atomic mass is 9.72. The number of unbranched alkanes of at least 4 members (excludes halogenated alkanes) is 1. The van der Waals surface area contributed by atoms with Gasteiger partial charge in [0.15, 0.2) is 9.45 Å². The Labute approximate surface area is 224 Å². The van der Waals surface area contributed by atoms with Crippen molar-refractivity contribution < 1.29 is 29.4 Å². The number of hydrogen-bond donors (Lipinski definition) is 5. The smallest absolute Gasteiger partial charge is 0.492 e. The first-order chi connectivity index (χ1) is 17.1. The van der Waals surface area contributed by atoms with Crippen LogP contribution >= 0.6 is 22.6 Å². The molecule has 0 radical (unpaired) electrons. The van der Waals surface area contributed by atoms with E-state index in [1.807, 2.05) is 19.1 Å². The lowest BCUT2D eigenvalue weighted by Crippen LogP contribution is -2.66. The number of guanidine groups is 1. The highest BCUT2D eigenvalue weighted by molar-refractivity contribution is 14.1. The molecule has 0 aromatic heterocycles. The zero-order valence-corrected chi connectivity index (χ0v) is 23.0. The third kappa shape index (κ3) is 6.35. The molecule has 1 aliphatic heterocycles. The predicted octanol–water partition coefficient (Wildman–Crippen LogP) is 1.67. The quantitative estimate of drug-likeness (QED) is 0.0838. The van der Waals surface area contributed by atoms with Crippen molar-refractivity contribution in [2.75, 3.05) is 20.8 Å². The van der Waals surface area contributed by atoms with Crippen LogP contribution in [0.4, 0.5) is 0 Å². The van der Waals surface area contributed by atoms with Gasteiger partial charge >= 0.3 is 7.12 Å². The first-order valence-corrected chi connectivity index (χ1v) is 12.7. The normalized spacial score (nSPS) is 22.1. The van der Waals surface area contributed by atoms with Crippen molar-refractivity contribution in [2.45, 2.75) is 48.9 Å². The van der Waals surface area contributed by atoms with Crippen LogP contribution in [-0.4, -0.2) is 69.8 Å². The van der Waals surface area contributed by atoms with Crippen LogP contribution in [0, 0.1) is 0 Å². The van der Waals surface area contributed by atoms with Crippen LogP contribution in [0.2, 0.25) is 0 Å². The summed E-state index contributed by atoms with van der Waals surface area (Å²) in [7, 11) is 1.22. The van der Waals surface area contributed by atoms with E-state index in [2.05, 4.69) is 50.1 Å². The zero-order chi connectivity index (χ0) is 26.5. The van der Waals surface area contributed by atoms with Crippen molar-refractivity contribution >= 4 is 47.2 Å². The highest BCUT2D eigenvalue weighted by Gasteiger charge is 2.45. The number of nitrogens with zero attached hydrogens (tertiary/aromatic N) is 2. The van der Waals surface area contributed by atoms with Gasteiger partial charge in [0.2, 0.25) is 5.96 Å². The van der Waals surface area contributed by atoms with Crippen molar-refractivity contribution in [3.8, 4) is 11.5 Å². The molecule has 1 aromatic rings. The number of aliphatic hydroxyl groups is 1. The molecule has 0 amide bonds. The number of fused-ring (bicyclic) bond motifs is 1. The molecule has 2 atom stereocenters. The van der Waals surface area contributed by atoms with Gasteiger partial charge in [0.1, 0.15) is 11.5 Å². The third-order valence-corrected chi connectivity index (χ3v) is 7.21. The van der Waals surface area contributed by atoms with Crippen LogP contribution in [-0.2, 0) is 11.3 Å². The summed E-state index contributed by atoms with van der Waals surface area (Å²) in [4.78, 5) is 21.8. The maximum Gasteiger partial charge on any atom is 0.492 e. The lowest BCUT2D eigenvalue weighted by molar-refractivity contribution is -0.111. The van der Waals surface area contributed by atoms with E-state index in [0.717, 1.165) is 18.4 Å². The number of aliphatic imine (C=N–C) groups is 2. The summed E-state index contributed by atoms with van der Waals surface area (Å²) in [5, 5.41) is 36.3. The van der Waals surface area contributed by atoms with Crippen LogP contribution < -0.4 is 20.1 Å². The van der Waals surface area contributed by atoms with Gasteiger partial charge in [-0.25, -0.2) is 9.98 Å². The number of ether oxygens (including phenoxy) is 2. The molecule has 5 N–H and O–H groups in total. The summed E-state index contributed by atoms with van der Waals surface area (Å²) < 4.78 is 9.67. The van der Waals surface area contributed by atoms with Gasteiger partial charge in [-0.2, -0.15) is 0 Å². The highest BCUT2D eigenvalue weighted by atomic mass is 127. The lowest BCUT2D eigenvalue weighted by Gasteiger charge is -2.43. The molecule has 36 heavy (non-hydrogen) atoms. The third-order valence-electron chi connectivity index (χ3n) is 6.09. The van der Waals surface area contributed by atoms with Gasteiger partial charge < -0.3 is 29.9 Å². The van der Waals surface area contributed by atoms with Gasteiger partial charge in [0, 0.05) is 28.2 Å². The molecule has 12 heteroatoms. The van der Waals surface area contributed by atoms with Crippen molar-refractivity contribution in [2.24, 2.45) is 9.98 Å². The molecule has 1 heterocycles. The van der Waals surface area contributed by atoms with E-state index < -0.39 is 22.1 Å². The van der Waals surface area contributed by atoms with Gasteiger partial charge in [0.05, 0.1) is 33.1 Å². The number of carbonyl (C=O) groups is 1. The monoisotopic (exact) mass is 610 g/mol. The number of allylic oxidation sites excluding steroid dienone is 3. The summed E-state index contributed by atoms with van der Waals surface area (Å²) in [6, 6.07) is 5.44. The van der Waals surface area contributed by atoms with E-state index in [1.165, 1.54) is 12.2 Å². The van der Waals surface area contributed by atoms with Gasteiger partial charge in [0.25, 0.3) is 0 Å². The Bertz CT molecular complexity index is 1120. The van der Waals surface area contributed by atoms with E-state index in [1.54, 1.807) is 20.3 Å². The maximum absolute atomic E-state index is 12.6. The minimum absolute atomic E-state index is 0.126. The number of carbonyl (C=O) groups excluding carboxylic acids is 1. The summed E-state index contributed by atoms with van der Waals surface area (Å²) in [6.07, 6.45) is 5.26. The molecule has 0 saturated heterocycles. The highest BCUT2D eigenvalue weighted by Crippen LogP contribution is 2.34. The van der Waals surface area contributed by atoms with Crippen molar-refractivity contribution in [3.05, 3.63) is 47.0 Å². The van der Waals surface area contributed by atoms with Crippen molar-refractivity contribution in [1.82, 2.24) is 10.6 Å². The maximum atomic E-state index is 12.6. The number of methoxy groups -OCH3 is 2. The van der Waals surface area contributed by atoms with E-state index in [9.17, 15) is 19.9 Å². The van der Waals surface area contributed by atoms with Crippen LogP contribution in [0.5, 0.6) is 11.5 Å². The van der Waals surface area contributed by atoms with Crippen LogP contribution in [0.3, 0.4) is 0 Å². The van der Waals surface area contributed by atoms with Gasteiger partial charge in [-0.3, -0.25) is 10.1 Å². The Hall–Kier alpha value is -2.26. The Morgan fingerprint density at radius 2 is 2.03 bits per heavy atom. The first kappa shape index (κ1) is 28.3. The fourth-order valence-electron chi connectivity index (χ4n) is 4.00. The number of benzene rings is 1. The zero-order valence-electron chi connectivity index (χ0n) is 20.8. The molecule has 0 fully saturated rings. The van der Waals surface area contributed by atoms with Crippen LogP contribution in [0.25, 0.3) is 0 Å². The molecule has 3 rings (SSSR count). The number of aliphatic hydroxyl groups excluding tert-OH is 1. The van der Waals surface area contributed by atoms with Crippen molar-refractivity contribution in [3.63, 3.8) is 0 Å². The van der Waals surface area contributed by atoms with Gasteiger partial charge in [-0.15, -0.1) is 0 Å². The second kappa shape index (κ2) is 11.9. The minimum Gasteiger partial charge on any atom is -0.497 e. The summed E-state index contributed by atoms with van der Waals surface area (Å²) >= 11 is 2.14. The van der Waals surface area contributed by atoms with Gasteiger partial charge in [-0.1, -0.05) is 19.8 Å². The average Bonchev–Trinajstić information content (AvgIpc) is 2.86. The Morgan fingerprint density at radius 1 is 1.28 bits per heavy atom. The molecule has 1 aromatic carbocycles. The fraction of sp³-hybridized carbons (Fsp3) is 0.458. The SMILES string of the molecule is CCCCC(C)(CO)N[C@@]1(I)NC(=NCc2ccc(OC)cc2OC)N=C2C=C(B(O)O)C(=O)C=C21. The number of halogens is 1. The standard InChI is InChI=1S/C24H32BIN4O6/c1-5-6-9-23(2,14-31)30-24(26)17-11-20(32)18(25(33)34)12-19(17)28-22(29-24)27-13-15-7-8-16(35-3)10-21(15)36-4/h7-8,10-12,30-31,33-34H,5-6,9,13-14H2,1-4H3,(H,27,29)/t23?,24-/m0/s1. The molecule has 194 valence electrons. The Kier molecular flexibility index (Phi) is 9.33. The van der Waals surface area contributed by atoms with Crippen LogP contribution in [0.1, 0.15) is 38.7 Å². The number of alkyl halides is 1. The Morgan fingerprint density at radius 3 is 2.64 bits per heavy atom.